The molecule has 0 radical (unpaired) electrons. The van der Waals surface area contributed by atoms with Gasteiger partial charge in [-0.15, -0.1) is 0 Å². The normalized spacial score (nSPS) is 10.6. The third-order valence-electron chi connectivity index (χ3n) is 2.28. The molecule has 0 atom stereocenters. The van der Waals surface area contributed by atoms with Gasteiger partial charge >= 0.3 is 5.97 Å². The molecule has 1 N–H and O–H groups in total. The first-order valence-corrected chi connectivity index (χ1v) is 6.33. The van der Waals surface area contributed by atoms with Gasteiger partial charge in [0.05, 0.1) is 6.54 Å². The van der Waals surface area contributed by atoms with Gasteiger partial charge in [-0.1, -0.05) is 22.9 Å². The summed E-state index contributed by atoms with van der Waals surface area (Å²) in [6.07, 6.45) is 0. The summed E-state index contributed by atoms with van der Waals surface area (Å²) in [5.74, 6) is 0.561. The molecule has 0 spiro atoms. The van der Waals surface area contributed by atoms with Gasteiger partial charge in [-0.3, -0.25) is 0 Å². The first-order valence-electron chi connectivity index (χ1n) is 5.13. The standard InChI is InChI=1S/C11H11ClN2O3S/c1-6-3-4-7(17-6)5-14(2)11-13-9(12)8(18-11)10(15)16/h3-4H,5H2,1-2H3,(H,15,16). The molecule has 0 aliphatic rings. The summed E-state index contributed by atoms with van der Waals surface area (Å²) in [6.45, 7) is 2.38. The molecule has 2 aromatic rings. The van der Waals surface area contributed by atoms with Gasteiger partial charge in [0.15, 0.2) is 15.2 Å². The molecule has 0 aliphatic heterocycles. The van der Waals surface area contributed by atoms with Gasteiger partial charge in [0.1, 0.15) is 11.5 Å². The lowest BCUT2D eigenvalue weighted by Gasteiger charge is -2.13. The number of carbonyl (C=O) groups is 1. The van der Waals surface area contributed by atoms with E-state index in [1.807, 2.05) is 19.1 Å². The van der Waals surface area contributed by atoms with Crippen molar-refractivity contribution in [1.82, 2.24) is 4.98 Å². The third-order valence-corrected chi connectivity index (χ3v) is 3.83. The highest BCUT2D eigenvalue weighted by molar-refractivity contribution is 7.18. The monoisotopic (exact) mass is 286 g/mol. The Morgan fingerprint density at radius 2 is 2.33 bits per heavy atom. The number of hydrogen-bond acceptors (Lipinski definition) is 5. The highest BCUT2D eigenvalue weighted by Crippen LogP contribution is 2.29. The minimum Gasteiger partial charge on any atom is -0.477 e. The van der Waals surface area contributed by atoms with Crippen LogP contribution in [0.3, 0.4) is 0 Å². The molecule has 96 valence electrons. The van der Waals surface area contributed by atoms with E-state index in [1.54, 1.807) is 11.9 Å². The Hall–Kier alpha value is -1.53. The van der Waals surface area contributed by atoms with Crippen LogP contribution in [0.15, 0.2) is 16.5 Å². The summed E-state index contributed by atoms with van der Waals surface area (Å²) >= 11 is 6.80. The Labute approximate surface area is 113 Å². The molecule has 0 amide bonds. The van der Waals surface area contributed by atoms with Gasteiger partial charge < -0.3 is 14.4 Å². The van der Waals surface area contributed by atoms with Crippen molar-refractivity contribution in [3.8, 4) is 0 Å². The van der Waals surface area contributed by atoms with E-state index in [2.05, 4.69) is 4.98 Å². The Morgan fingerprint density at radius 1 is 1.61 bits per heavy atom. The Bertz CT molecular complexity index is 579. The molecule has 0 saturated heterocycles. The van der Waals surface area contributed by atoms with E-state index in [1.165, 1.54) is 0 Å². The number of hydrogen-bond donors (Lipinski definition) is 1. The van der Waals surface area contributed by atoms with Crippen LogP contribution in [-0.4, -0.2) is 23.1 Å². The van der Waals surface area contributed by atoms with Crippen LogP contribution < -0.4 is 4.90 Å². The Balaban J connectivity index is 2.16. The second-order valence-corrected chi connectivity index (χ2v) is 5.13. The zero-order chi connectivity index (χ0) is 13.3. The Morgan fingerprint density at radius 3 is 2.83 bits per heavy atom. The van der Waals surface area contributed by atoms with Crippen LogP contribution in [0.4, 0.5) is 5.13 Å². The van der Waals surface area contributed by atoms with E-state index in [0.717, 1.165) is 22.9 Å². The van der Waals surface area contributed by atoms with Gasteiger partial charge in [0, 0.05) is 7.05 Å². The summed E-state index contributed by atoms with van der Waals surface area (Å²) in [7, 11) is 1.80. The first-order chi connectivity index (χ1) is 8.47. The van der Waals surface area contributed by atoms with Crippen molar-refractivity contribution in [3.63, 3.8) is 0 Å². The number of aromatic nitrogens is 1. The lowest BCUT2D eigenvalue weighted by atomic mass is 10.4. The zero-order valence-electron chi connectivity index (χ0n) is 9.81. The fourth-order valence-electron chi connectivity index (χ4n) is 1.46. The number of carboxylic acids is 1. The van der Waals surface area contributed by atoms with Crippen molar-refractivity contribution in [2.75, 3.05) is 11.9 Å². The Kier molecular flexibility index (Phi) is 3.58. The molecule has 2 heterocycles. The average Bonchev–Trinajstić information content (AvgIpc) is 2.85. The smallest absolute Gasteiger partial charge is 0.349 e. The first kappa shape index (κ1) is 12.9. The molecule has 2 rings (SSSR count). The molecular formula is C11H11ClN2O3S. The number of aromatic carboxylic acids is 1. The lowest BCUT2D eigenvalue weighted by Crippen LogP contribution is -2.15. The lowest BCUT2D eigenvalue weighted by molar-refractivity contribution is 0.0702. The zero-order valence-corrected chi connectivity index (χ0v) is 11.4. The number of carboxylic acid groups (broad SMARTS) is 1. The van der Waals surface area contributed by atoms with Crippen LogP contribution in [0.25, 0.3) is 0 Å². The van der Waals surface area contributed by atoms with E-state index in [-0.39, 0.29) is 10.0 Å². The largest absolute Gasteiger partial charge is 0.477 e. The van der Waals surface area contributed by atoms with Crippen LogP contribution >= 0.6 is 22.9 Å². The van der Waals surface area contributed by atoms with E-state index in [0.29, 0.717) is 11.7 Å². The summed E-state index contributed by atoms with van der Waals surface area (Å²) < 4.78 is 5.45. The van der Waals surface area contributed by atoms with Gasteiger partial charge in [-0.05, 0) is 19.1 Å². The molecule has 2 aromatic heterocycles. The SMILES string of the molecule is Cc1ccc(CN(C)c2nc(Cl)c(C(=O)O)s2)o1. The predicted molar refractivity (Wildman–Crippen MR) is 69.6 cm³/mol. The van der Waals surface area contributed by atoms with E-state index < -0.39 is 5.97 Å². The summed E-state index contributed by atoms with van der Waals surface area (Å²) in [5, 5.41) is 9.47. The third kappa shape index (κ3) is 2.65. The van der Waals surface area contributed by atoms with Crippen molar-refractivity contribution in [2.45, 2.75) is 13.5 Å². The van der Waals surface area contributed by atoms with Crippen molar-refractivity contribution < 1.29 is 14.3 Å². The number of aryl methyl sites for hydroxylation is 1. The van der Waals surface area contributed by atoms with Crippen LogP contribution in [-0.2, 0) is 6.54 Å². The molecule has 0 unspecified atom stereocenters. The maximum atomic E-state index is 10.9. The molecule has 0 aromatic carbocycles. The topological polar surface area (TPSA) is 66.6 Å². The summed E-state index contributed by atoms with van der Waals surface area (Å²) in [6, 6.07) is 3.75. The number of rotatable bonds is 4. The molecule has 0 saturated carbocycles. The molecule has 5 nitrogen and oxygen atoms in total. The van der Waals surface area contributed by atoms with Crippen molar-refractivity contribution >= 4 is 34.0 Å². The highest BCUT2D eigenvalue weighted by Gasteiger charge is 2.18. The van der Waals surface area contributed by atoms with Gasteiger partial charge in [0.25, 0.3) is 0 Å². The van der Waals surface area contributed by atoms with E-state index in [9.17, 15) is 4.79 Å². The second kappa shape index (κ2) is 4.99. The number of furan rings is 1. The molecular weight excluding hydrogens is 276 g/mol. The minimum absolute atomic E-state index is 0.0185. The molecule has 18 heavy (non-hydrogen) atoms. The van der Waals surface area contributed by atoms with Gasteiger partial charge in [-0.25, -0.2) is 9.78 Å². The summed E-state index contributed by atoms with van der Waals surface area (Å²) in [4.78, 5) is 16.7. The predicted octanol–water partition coefficient (Wildman–Crippen LogP) is 3.03. The minimum atomic E-state index is -1.06. The van der Waals surface area contributed by atoms with Crippen molar-refractivity contribution in [1.29, 1.82) is 0 Å². The van der Waals surface area contributed by atoms with Gasteiger partial charge in [0.2, 0.25) is 0 Å². The van der Waals surface area contributed by atoms with Gasteiger partial charge in [-0.2, -0.15) is 0 Å². The van der Waals surface area contributed by atoms with Crippen LogP contribution in [0.2, 0.25) is 5.15 Å². The maximum absolute atomic E-state index is 10.9. The molecule has 0 aliphatic carbocycles. The number of thiazole rings is 1. The molecule has 0 bridgehead atoms. The number of anilines is 1. The van der Waals surface area contributed by atoms with Crippen molar-refractivity contribution in [3.05, 3.63) is 33.7 Å². The van der Waals surface area contributed by atoms with E-state index in [4.69, 9.17) is 21.1 Å². The van der Waals surface area contributed by atoms with Crippen LogP contribution in [0, 0.1) is 6.92 Å². The molecule has 7 heteroatoms. The van der Waals surface area contributed by atoms with Crippen molar-refractivity contribution in [2.24, 2.45) is 0 Å². The second-order valence-electron chi connectivity index (χ2n) is 3.79. The average molecular weight is 287 g/mol. The van der Waals surface area contributed by atoms with E-state index >= 15 is 0 Å². The highest BCUT2D eigenvalue weighted by atomic mass is 35.5. The number of halogens is 1. The fraction of sp³-hybridized carbons (Fsp3) is 0.273. The fourth-order valence-corrected chi connectivity index (χ4v) is 2.54. The van der Waals surface area contributed by atoms with Crippen LogP contribution in [0.5, 0.6) is 0 Å². The molecule has 0 fully saturated rings. The summed E-state index contributed by atoms with van der Waals surface area (Å²) in [5.41, 5.74) is 0. The maximum Gasteiger partial charge on any atom is 0.349 e. The quantitative estimate of drug-likeness (QED) is 0.936. The van der Waals surface area contributed by atoms with Crippen LogP contribution in [0.1, 0.15) is 21.2 Å². The number of nitrogens with zero attached hydrogens (tertiary/aromatic N) is 2.